The van der Waals surface area contributed by atoms with Crippen molar-refractivity contribution in [2.24, 2.45) is 0 Å². The lowest BCUT2D eigenvalue weighted by atomic mass is 10.5. The van der Waals surface area contributed by atoms with Crippen LogP contribution in [0.25, 0.3) is 0 Å². The Labute approximate surface area is 62.2 Å². The average molecular weight is 163 g/mol. The quantitative estimate of drug-likeness (QED) is 0.600. The number of hydrogen-bond acceptors (Lipinski definition) is 2. The summed E-state index contributed by atoms with van der Waals surface area (Å²) in [4.78, 5) is 0. The van der Waals surface area contributed by atoms with E-state index in [2.05, 4.69) is 11.3 Å². The number of sulfonamides is 1. The van der Waals surface area contributed by atoms with Gasteiger partial charge in [0.15, 0.2) is 0 Å². The van der Waals surface area contributed by atoms with Crippen LogP contribution in [-0.4, -0.2) is 20.7 Å². The molecule has 0 aromatic carbocycles. The summed E-state index contributed by atoms with van der Waals surface area (Å²) in [5.74, 6) is 0.00694. The molecule has 0 amide bonds. The fourth-order valence-corrected chi connectivity index (χ4v) is 1.41. The Bertz CT molecular complexity index is 184. The fraction of sp³-hybridized carbons (Fsp3) is 0.667. The van der Waals surface area contributed by atoms with Crippen LogP contribution in [0.2, 0.25) is 0 Å². The normalized spacial score (nSPS) is 11.3. The van der Waals surface area contributed by atoms with Gasteiger partial charge in [0, 0.05) is 6.54 Å². The molecule has 0 atom stereocenters. The van der Waals surface area contributed by atoms with Gasteiger partial charge in [0.1, 0.15) is 0 Å². The summed E-state index contributed by atoms with van der Waals surface area (Å²) in [6, 6.07) is 0. The minimum Gasteiger partial charge on any atom is -0.215 e. The lowest BCUT2D eigenvalue weighted by molar-refractivity contribution is 0.584. The van der Waals surface area contributed by atoms with Gasteiger partial charge in [-0.1, -0.05) is 13.0 Å². The molecular formula is C6H13NO2S. The largest absolute Gasteiger partial charge is 0.215 e. The van der Waals surface area contributed by atoms with Gasteiger partial charge in [0.05, 0.1) is 5.75 Å². The molecule has 3 nitrogen and oxygen atoms in total. The van der Waals surface area contributed by atoms with Crippen molar-refractivity contribution < 1.29 is 8.42 Å². The van der Waals surface area contributed by atoms with E-state index in [0.29, 0.717) is 6.54 Å². The van der Waals surface area contributed by atoms with E-state index in [-0.39, 0.29) is 5.75 Å². The molecule has 0 saturated heterocycles. The van der Waals surface area contributed by atoms with Crippen molar-refractivity contribution >= 4 is 10.0 Å². The zero-order valence-electron chi connectivity index (χ0n) is 6.13. The summed E-state index contributed by atoms with van der Waals surface area (Å²) in [6.07, 6.45) is 2.19. The Morgan fingerprint density at radius 2 is 2.20 bits per heavy atom. The summed E-state index contributed by atoms with van der Waals surface area (Å²) in [5.41, 5.74) is 0. The molecule has 0 rings (SSSR count). The van der Waals surface area contributed by atoms with Crippen molar-refractivity contribution in [2.45, 2.75) is 13.3 Å². The van der Waals surface area contributed by atoms with Crippen LogP contribution < -0.4 is 4.72 Å². The van der Waals surface area contributed by atoms with Crippen LogP contribution in [0.5, 0.6) is 0 Å². The van der Waals surface area contributed by atoms with Crippen molar-refractivity contribution in [3.63, 3.8) is 0 Å². The highest BCUT2D eigenvalue weighted by molar-refractivity contribution is 7.89. The molecule has 0 aromatic rings. The molecule has 0 aromatic heterocycles. The molecule has 4 heteroatoms. The topological polar surface area (TPSA) is 46.2 Å². The van der Waals surface area contributed by atoms with Crippen LogP contribution in [0.1, 0.15) is 13.3 Å². The highest BCUT2D eigenvalue weighted by Gasteiger charge is 2.03. The third-order valence-electron chi connectivity index (χ3n) is 0.909. The van der Waals surface area contributed by atoms with Gasteiger partial charge in [-0.05, 0) is 6.42 Å². The summed E-state index contributed by atoms with van der Waals surface area (Å²) in [7, 11) is -3.06. The van der Waals surface area contributed by atoms with E-state index in [1.54, 1.807) is 0 Å². The minimum absolute atomic E-state index is 0.00694. The zero-order valence-corrected chi connectivity index (χ0v) is 6.95. The van der Waals surface area contributed by atoms with Crippen LogP contribution in [-0.2, 0) is 10.0 Å². The molecule has 60 valence electrons. The van der Waals surface area contributed by atoms with Crippen LogP contribution in [0, 0.1) is 0 Å². The first-order valence-corrected chi connectivity index (χ1v) is 4.86. The van der Waals surface area contributed by atoms with Gasteiger partial charge in [-0.25, -0.2) is 13.1 Å². The monoisotopic (exact) mass is 163 g/mol. The lowest BCUT2D eigenvalue weighted by Gasteiger charge is -2.00. The van der Waals surface area contributed by atoms with Crippen molar-refractivity contribution in [3.8, 4) is 0 Å². The van der Waals surface area contributed by atoms with E-state index in [0.717, 1.165) is 6.42 Å². The van der Waals surface area contributed by atoms with Crippen LogP contribution in [0.15, 0.2) is 12.7 Å². The molecular weight excluding hydrogens is 150 g/mol. The SMILES string of the molecule is C=CCS(=O)(=O)NCCC. The maximum atomic E-state index is 10.8. The van der Waals surface area contributed by atoms with Gasteiger partial charge >= 0.3 is 0 Å². The summed E-state index contributed by atoms with van der Waals surface area (Å²) < 4.78 is 24.0. The maximum absolute atomic E-state index is 10.8. The molecule has 1 N–H and O–H groups in total. The predicted molar refractivity (Wildman–Crippen MR) is 42.3 cm³/mol. The lowest BCUT2D eigenvalue weighted by Crippen LogP contribution is -2.26. The second-order valence-corrected chi connectivity index (χ2v) is 3.82. The number of nitrogens with one attached hydrogen (secondary N) is 1. The Kier molecular flexibility index (Phi) is 4.31. The van der Waals surface area contributed by atoms with Gasteiger partial charge in [0.2, 0.25) is 10.0 Å². The van der Waals surface area contributed by atoms with Crippen LogP contribution in [0.4, 0.5) is 0 Å². The third-order valence-corrected chi connectivity index (χ3v) is 2.23. The molecule has 0 heterocycles. The molecule has 0 fully saturated rings. The number of rotatable bonds is 5. The van der Waals surface area contributed by atoms with Gasteiger partial charge in [0.25, 0.3) is 0 Å². The molecule has 0 bridgehead atoms. The highest BCUT2D eigenvalue weighted by Crippen LogP contribution is 1.84. The smallest absolute Gasteiger partial charge is 0.215 e. The first-order valence-electron chi connectivity index (χ1n) is 3.20. The Morgan fingerprint density at radius 3 is 2.60 bits per heavy atom. The van der Waals surface area contributed by atoms with Gasteiger partial charge in [-0.3, -0.25) is 0 Å². The average Bonchev–Trinajstić information content (AvgIpc) is 1.84. The second kappa shape index (κ2) is 4.46. The number of hydrogen-bond donors (Lipinski definition) is 1. The van der Waals surface area contributed by atoms with E-state index in [4.69, 9.17) is 0 Å². The molecule has 0 aliphatic heterocycles. The minimum atomic E-state index is -3.06. The summed E-state index contributed by atoms with van der Waals surface area (Å²) >= 11 is 0. The molecule has 0 saturated carbocycles. The fourth-order valence-electron chi connectivity index (χ4n) is 0.472. The summed E-state index contributed by atoms with van der Waals surface area (Å²) in [5, 5.41) is 0. The predicted octanol–water partition coefficient (Wildman–Crippen LogP) is 0.502. The molecule has 0 aliphatic carbocycles. The Balaban J connectivity index is 3.76. The molecule has 0 radical (unpaired) electrons. The zero-order chi connectivity index (χ0) is 8.04. The Hall–Kier alpha value is -0.350. The van der Waals surface area contributed by atoms with E-state index in [1.165, 1.54) is 6.08 Å². The van der Waals surface area contributed by atoms with Crippen molar-refractivity contribution in [1.29, 1.82) is 0 Å². The summed E-state index contributed by atoms with van der Waals surface area (Å²) in [6.45, 7) is 5.76. The van der Waals surface area contributed by atoms with E-state index >= 15 is 0 Å². The molecule has 0 spiro atoms. The first kappa shape index (κ1) is 9.65. The third kappa shape index (κ3) is 4.52. The van der Waals surface area contributed by atoms with E-state index in [9.17, 15) is 8.42 Å². The van der Waals surface area contributed by atoms with Crippen LogP contribution in [0.3, 0.4) is 0 Å². The van der Waals surface area contributed by atoms with E-state index in [1.807, 2.05) is 6.92 Å². The van der Waals surface area contributed by atoms with Crippen molar-refractivity contribution in [3.05, 3.63) is 12.7 Å². The molecule has 10 heavy (non-hydrogen) atoms. The van der Waals surface area contributed by atoms with Crippen LogP contribution >= 0.6 is 0 Å². The van der Waals surface area contributed by atoms with Gasteiger partial charge in [-0.15, -0.1) is 6.58 Å². The van der Waals surface area contributed by atoms with Crippen molar-refractivity contribution in [1.82, 2.24) is 4.72 Å². The van der Waals surface area contributed by atoms with E-state index < -0.39 is 10.0 Å². The maximum Gasteiger partial charge on any atom is 0.215 e. The first-order chi connectivity index (χ1) is 4.62. The highest BCUT2D eigenvalue weighted by atomic mass is 32.2. The van der Waals surface area contributed by atoms with Crippen molar-refractivity contribution in [2.75, 3.05) is 12.3 Å². The van der Waals surface area contributed by atoms with Gasteiger partial charge in [-0.2, -0.15) is 0 Å². The Morgan fingerprint density at radius 1 is 1.60 bits per heavy atom. The molecule has 0 aliphatic rings. The van der Waals surface area contributed by atoms with Gasteiger partial charge < -0.3 is 0 Å². The molecule has 0 unspecified atom stereocenters. The standard InChI is InChI=1S/C6H13NO2S/c1-3-5-7-10(8,9)6-4-2/h4,7H,2-3,5-6H2,1H3. The second-order valence-electron chi connectivity index (χ2n) is 1.96.